The summed E-state index contributed by atoms with van der Waals surface area (Å²) in [5, 5.41) is 22.8. The second-order valence-corrected chi connectivity index (χ2v) is 23.8. The molecule has 4 heteroatoms. The van der Waals surface area contributed by atoms with E-state index >= 15 is 0 Å². The third-order valence-electron chi connectivity index (χ3n) is 13.0. The fraction of sp³-hybridized carbons (Fsp3) is 0.423. The summed E-state index contributed by atoms with van der Waals surface area (Å²) < 4.78 is 0. The van der Waals surface area contributed by atoms with E-state index in [4.69, 9.17) is 0 Å². The molecule has 6 aliphatic carbocycles. The molecule has 2 N–H and O–H groups in total. The van der Waals surface area contributed by atoms with Crippen LogP contribution in [-0.4, -0.2) is 18.3 Å². The molecule has 2 aromatic carbocycles. The van der Waals surface area contributed by atoms with E-state index in [2.05, 4.69) is 141 Å². The number of aromatic hydroxyl groups is 2. The Labute approximate surface area is 360 Å². The van der Waals surface area contributed by atoms with Gasteiger partial charge in [0, 0.05) is 0 Å². The van der Waals surface area contributed by atoms with E-state index in [1.807, 2.05) is 48.5 Å². The number of benzene rings is 2. The first-order valence-corrected chi connectivity index (χ1v) is 23.6. The maximum Gasteiger partial charge on any atom is 2.00 e. The summed E-state index contributed by atoms with van der Waals surface area (Å²) in [6.07, 6.45) is 31.3. The Morgan fingerprint density at radius 2 is 0.946 bits per heavy atom. The minimum absolute atomic E-state index is 0. The number of hydrogen-bond acceptors (Lipinski definition) is 2. The van der Waals surface area contributed by atoms with E-state index in [0.717, 1.165) is 11.1 Å². The van der Waals surface area contributed by atoms with Crippen LogP contribution in [0.15, 0.2) is 131 Å². The minimum atomic E-state index is -1.79. The molecule has 0 radical (unpaired) electrons. The Morgan fingerprint density at radius 3 is 1.29 bits per heavy atom. The van der Waals surface area contributed by atoms with Crippen LogP contribution < -0.4 is 0 Å². The average Bonchev–Trinajstić information content (AvgIpc) is 3.67. The van der Waals surface area contributed by atoms with Crippen LogP contribution in [0.5, 0.6) is 11.5 Å². The smallest absolute Gasteiger partial charge is 0.508 e. The maximum atomic E-state index is 9.57. The van der Waals surface area contributed by atoms with Crippen molar-refractivity contribution in [2.75, 3.05) is 0 Å². The molecular formula is C52H66O2SiZr. The zero-order chi connectivity index (χ0) is 40.0. The van der Waals surface area contributed by atoms with Crippen molar-refractivity contribution in [3.05, 3.63) is 165 Å². The molecule has 0 amide bonds. The molecule has 0 aromatic heterocycles. The van der Waals surface area contributed by atoms with Crippen molar-refractivity contribution >= 4 is 8.07 Å². The summed E-state index contributed by atoms with van der Waals surface area (Å²) in [5.74, 6) is 8.00. The van der Waals surface area contributed by atoms with E-state index in [-0.39, 0.29) is 37.0 Å². The van der Waals surface area contributed by atoms with Gasteiger partial charge in [0.1, 0.15) is 19.6 Å². The van der Waals surface area contributed by atoms with E-state index in [9.17, 15) is 10.2 Å². The number of fused-ring (bicyclic) bond motifs is 6. The zero-order valence-corrected chi connectivity index (χ0v) is 39.6. The van der Waals surface area contributed by atoms with Crippen molar-refractivity contribution < 1.29 is 36.4 Å². The summed E-state index contributed by atoms with van der Waals surface area (Å²) in [4.78, 5) is 0. The van der Waals surface area contributed by atoms with Crippen LogP contribution in [0.3, 0.4) is 0 Å². The fourth-order valence-electron chi connectivity index (χ4n) is 10.6. The molecule has 6 atom stereocenters. The Morgan fingerprint density at radius 1 is 0.571 bits per heavy atom. The Kier molecular flexibility index (Phi) is 13.3. The standard InChI is InChI=1S/C30H34Si.2C11H16O.Zr/c1-19-13-15-25-23-11-7-5-9-21(23)17-27(25)29(19)31(3,4)30-20(2)14-16-26-24-12-8-6-10-22(24)18-28(26)30;2*1-8-5-6-10(12)9(7-8)11(2,3)4;/h5-16,21-22,25-28H,17-18H2,1-4H3;2*5-7,12H,1-4H3;/q-2;;;+2. The molecule has 0 saturated heterocycles. The molecule has 6 aliphatic rings. The molecule has 0 heterocycles. The van der Waals surface area contributed by atoms with Gasteiger partial charge in [-0.1, -0.05) is 172 Å². The Bertz CT molecular complexity index is 1880. The summed E-state index contributed by atoms with van der Waals surface area (Å²) in [6.45, 7) is 26.8. The zero-order valence-electron chi connectivity index (χ0n) is 36.2. The average molecular weight is 842 g/mol. The monoisotopic (exact) mass is 840 g/mol. The van der Waals surface area contributed by atoms with Crippen molar-refractivity contribution in [2.45, 2.75) is 106 Å². The Hall–Kier alpha value is -3.20. The van der Waals surface area contributed by atoms with E-state index in [0.29, 0.717) is 47.0 Å². The summed E-state index contributed by atoms with van der Waals surface area (Å²) in [7, 11) is -1.79. The van der Waals surface area contributed by atoms with Gasteiger partial charge in [-0.3, -0.25) is 0 Å². The third-order valence-corrected chi connectivity index (χ3v) is 17.2. The SMILES string of the molecule is CC1=C([Si](C)(C)C2=C(C)C=CC3[C-]4C=CC=CC4CC23)C2CC3C=CC=C[C-]3C2C=C1.Cc1ccc(O)c(C(C)(C)C)c1.Cc1ccc(O)c(C(C)(C)C)c1.[Zr+2]. The van der Waals surface area contributed by atoms with Gasteiger partial charge in [-0.05, 0) is 73.6 Å². The quantitative estimate of drug-likeness (QED) is 0.234. The second-order valence-electron chi connectivity index (χ2n) is 19.5. The number of rotatable bonds is 2. The molecule has 0 spiro atoms. The van der Waals surface area contributed by atoms with Gasteiger partial charge >= 0.3 is 26.2 Å². The van der Waals surface area contributed by atoms with E-state index in [1.165, 1.54) is 24.0 Å². The molecule has 56 heavy (non-hydrogen) atoms. The number of aryl methyl sites for hydroxylation is 2. The minimum Gasteiger partial charge on any atom is -0.508 e. The van der Waals surface area contributed by atoms with Gasteiger partial charge in [-0.25, -0.2) is 36.1 Å². The second kappa shape index (κ2) is 17.0. The first-order valence-electron chi connectivity index (χ1n) is 20.6. The normalized spacial score (nSPS) is 25.8. The van der Waals surface area contributed by atoms with Gasteiger partial charge in [0.05, 0.1) is 0 Å². The summed E-state index contributed by atoms with van der Waals surface area (Å²) in [6, 6.07) is 11.4. The molecule has 6 unspecified atom stereocenters. The van der Waals surface area contributed by atoms with Crippen molar-refractivity contribution in [2.24, 2.45) is 35.5 Å². The van der Waals surface area contributed by atoms with Crippen LogP contribution in [0.25, 0.3) is 0 Å². The van der Waals surface area contributed by atoms with E-state index in [1.54, 1.807) is 35.1 Å². The first kappa shape index (κ1) is 43.9. The molecule has 8 rings (SSSR count). The van der Waals surface area contributed by atoms with E-state index < -0.39 is 8.07 Å². The number of phenols is 2. The van der Waals surface area contributed by atoms with Crippen LogP contribution in [0.4, 0.5) is 0 Å². The largest absolute Gasteiger partial charge is 2.00 e. The molecule has 2 nitrogen and oxygen atoms in total. The predicted octanol–water partition coefficient (Wildman–Crippen LogP) is 13.4. The summed E-state index contributed by atoms with van der Waals surface area (Å²) in [5.41, 5.74) is 7.60. The summed E-state index contributed by atoms with van der Waals surface area (Å²) >= 11 is 0. The van der Waals surface area contributed by atoms with Crippen LogP contribution in [0, 0.1) is 61.2 Å². The first-order chi connectivity index (χ1) is 25.8. The Balaban J connectivity index is 0.000000199. The predicted molar refractivity (Wildman–Crippen MR) is 237 cm³/mol. The number of hydrogen-bond donors (Lipinski definition) is 2. The molecule has 0 aliphatic heterocycles. The molecule has 2 saturated carbocycles. The van der Waals surface area contributed by atoms with Crippen LogP contribution in [0.1, 0.15) is 90.5 Å². The third kappa shape index (κ3) is 8.93. The van der Waals surface area contributed by atoms with Gasteiger partial charge in [0.2, 0.25) is 0 Å². The van der Waals surface area contributed by atoms with Gasteiger partial charge in [0.15, 0.2) is 0 Å². The molecule has 294 valence electrons. The molecule has 2 fully saturated rings. The molecule has 2 aromatic rings. The van der Waals surface area contributed by atoms with Crippen LogP contribution >= 0.6 is 0 Å². The topological polar surface area (TPSA) is 40.5 Å². The fourth-order valence-corrected chi connectivity index (χ4v) is 15.4. The van der Waals surface area contributed by atoms with Crippen molar-refractivity contribution in [3.63, 3.8) is 0 Å². The van der Waals surface area contributed by atoms with Crippen molar-refractivity contribution in [3.8, 4) is 11.5 Å². The van der Waals surface area contributed by atoms with Crippen molar-refractivity contribution in [1.29, 1.82) is 0 Å². The van der Waals surface area contributed by atoms with Gasteiger partial charge in [0.25, 0.3) is 0 Å². The van der Waals surface area contributed by atoms with Gasteiger partial charge in [-0.2, -0.15) is 0 Å². The number of phenolic OH excluding ortho intramolecular Hbond substituents is 2. The molecule has 0 bridgehead atoms. The van der Waals surface area contributed by atoms with Crippen LogP contribution in [0.2, 0.25) is 13.1 Å². The van der Waals surface area contributed by atoms with Gasteiger partial charge in [-0.15, -0.1) is 24.3 Å². The molecular weight excluding hydrogens is 776 g/mol. The van der Waals surface area contributed by atoms with Gasteiger partial charge < -0.3 is 10.2 Å². The maximum absolute atomic E-state index is 9.57. The number of allylic oxidation sites excluding steroid dienone is 16. The van der Waals surface area contributed by atoms with Crippen LogP contribution in [-0.2, 0) is 37.0 Å². The van der Waals surface area contributed by atoms with Crippen molar-refractivity contribution in [1.82, 2.24) is 0 Å².